The second kappa shape index (κ2) is 9.62. The van der Waals surface area contributed by atoms with Gasteiger partial charge in [-0.3, -0.25) is 0 Å². The van der Waals surface area contributed by atoms with Crippen LogP contribution in [0.25, 0.3) is 99.3 Å². The Morgan fingerprint density at radius 2 is 1.07 bits per heavy atom. The fourth-order valence-electron chi connectivity index (χ4n) is 6.94. The molecule has 0 unspecified atom stereocenters. The van der Waals surface area contributed by atoms with Crippen molar-refractivity contribution in [2.75, 3.05) is 0 Å². The van der Waals surface area contributed by atoms with Gasteiger partial charge in [0.05, 0.1) is 11.2 Å². The monoisotopic (exact) mass is 588 g/mol. The van der Waals surface area contributed by atoms with Crippen LogP contribution in [0.2, 0.25) is 0 Å². The van der Waals surface area contributed by atoms with E-state index in [1.54, 1.807) is 0 Å². The highest BCUT2D eigenvalue weighted by atomic mass is 16.3. The molecule has 46 heavy (non-hydrogen) atoms. The predicted octanol–water partition coefficient (Wildman–Crippen LogP) is 11.6. The minimum atomic E-state index is 0.671. The predicted molar refractivity (Wildman–Crippen MR) is 188 cm³/mol. The zero-order valence-corrected chi connectivity index (χ0v) is 24.6. The molecule has 3 heterocycles. The number of rotatable bonds is 3. The summed E-state index contributed by atoms with van der Waals surface area (Å²) >= 11 is 0. The van der Waals surface area contributed by atoms with Gasteiger partial charge in [-0.05, 0) is 41.3 Å². The molecule has 10 rings (SSSR count). The normalized spacial score (nSPS) is 11.9. The molecule has 0 radical (unpaired) electrons. The van der Waals surface area contributed by atoms with Gasteiger partial charge in [-0.2, -0.15) is 0 Å². The summed E-state index contributed by atoms with van der Waals surface area (Å²) in [6, 6.07) is 50.1. The van der Waals surface area contributed by atoms with E-state index in [4.69, 9.17) is 18.8 Å². The van der Waals surface area contributed by atoms with Crippen LogP contribution in [0.15, 0.2) is 154 Å². The minimum absolute atomic E-state index is 0.671. The lowest BCUT2D eigenvalue weighted by molar-refractivity contribution is 0.669. The van der Waals surface area contributed by atoms with Crippen molar-refractivity contribution in [3.05, 3.63) is 146 Å². The van der Waals surface area contributed by atoms with Crippen LogP contribution in [0.3, 0.4) is 0 Å². The van der Waals surface area contributed by atoms with Crippen molar-refractivity contribution in [2.45, 2.75) is 0 Å². The van der Waals surface area contributed by atoms with Gasteiger partial charge in [0.1, 0.15) is 22.3 Å². The van der Waals surface area contributed by atoms with Gasteiger partial charge in [-0.15, -0.1) is 0 Å². The molecule has 7 aromatic carbocycles. The Bertz CT molecular complexity index is 2810. The van der Waals surface area contributed by atoms with Crippen LogP contribution in [0, 0.1) is 0 Å². The first-order valence-corrected chi connectivity index (χ1v) is 15.4. The molecule has 0 spiro atoms. The summed E-state index contributed by atoms with van der Waals surface area (Å²) in [5.41, 5.74) is 9.38. The molecule has 0 N–H and O–H groups in total. The molecule has 4 heteroatoms. The van der Waals surface area contributed by atoms with Crippen LogP contribution in [0.5, 0.6) is 0 Å². The Labute approximate surface area is 263 Å². The van der Waals surface area contributed by atoms with Crippen molar-refractivity contribution in [2.24, 2.45) is 0 Å². The highest BCUT2D eigenvalue weighted by molar-refractivity contribution is 6.20. The van der Waals surface area contributed by atoms with Gasteiger partial charge in [-0.25, -0.2) is 9.97 Å². The smallest absolute Gasteiger partial charge is 0.161 e. The number of furan rings is 2. The molecule has 0 aliphatic rings. The summed E-state index contributed by atoms with van der Waals surface area (Å²) in [6.45, 7) is 0. The fourth-order valence-corrected chi connectivity index (χ4v) is 6.94. The van der Waals surface area contributed by atoms with Crippen LogP contribution in [0.1, 0.15) is 0 Å². The maximum atomic E-state index is 6.72. The molecule has 0 bridgehead atoms. The average molecular weight is 589 g/mol. The first-order chi connectivity index (χ1) is 22.8. The van der Waals surface area contributed by atoms with E-state index in [0.717, 1.165) is 93.5 Å². The summed E-state index contributed by atoms with van der Waals surface area (Å²) in [6.07, 6.45) is 0. The molecule has 0 saturated carbocycles. The van der Waals surface area contributed by atoms with E-state index in [0.29, 0.717) is 5.82 Å². The van der Waals surface area contributed by atoms with Crippen molar-refractivity contribution >= 4 is 65.6 Å². The highest BCUT2D eigenvalue weighted by Gasteiger charge is 2.20. The Balaban J connectivity index is 1.25. The van der Waals surface area contributed by atoms with E-state index in [-0.39, 0.29) is 0 Å². The molecule has 10 aromatic rings. The van der Waals surface area contributed by atoms with E-state index in [2.05, 4.69) is 109 Å². The van der Waals surface area contributed by atoms with Gasteiger partial charge in [-0.1, -0.05) is 115 Å². The summed E-state index contributed by atoms with van der Waals surface area (Å²) < 4.78 is 13.0. The van der Waals surface area contributed by atoms with Crippen molar-refractivity contribution in [3.63, 3.8) is 0 Å². The van der Waals surface area contributed by atoms with E-state index in [9.17, 15) is 0 Å². The molecular weight excluding hydrogens is 564 g/mol. The topological polar surface area (TPSA) is 52.1 Å². The highest BCUT2D eigenvalue weighted by Crippen LogP contribution is 2.43. The third-order valence-electron chi connectivity index (χ3n) is 9.09. The van der Waals surface area contributed by atoms with Crippen molar-refractivity contribution in [1.82, 2.24) is 9.97 Å². The fraction of sp³-hybridized carbons (Fsp3) is 0. The molecule has 0 saturated heterocycles. The van der Waals surface area contributed by atoms with Crippen molar-refractivity contribution < 1.29 is 8.83 Å². The first kappa shape index (κ1) is 25.1. The quantitative estimate of drug-likeness (QED) is 0.206. The number of aromatic nitrogens is 2. The van der Waals surface area contributed by atoms with Gasteiger partial charge in [0.25, 0.3) is 0 Å². The standard InChI is InChI=1S/C42H24N2O2/c1-2-11-25(12-3-1)27-17-10-18-32-34-24-35(28-13-4-5-15-31(28)41(34)46-40(27)32)42-43-36-19-8-6-16-33(36)39(44-42)26-21-22-30-29-14-7-9-20-37(29)45-38(30)23-26/h1-24H. The van der Waals surface area contributed by atoms with Crippen molar-refractivity contribution in [1.29, 1.82) is 0 Å². The number of fused-ring (bicyclic) bond motifs is 9. The van der Waals surface area contributed by atoms with Gasteiger partial charge in [0.15, 0.2) is 5.82 Å². The molecular formula is C42H24N2O2. The molecule has 0 amide bonds. The lowest BCUT2D eigenvalue weighted by Crippen LogP contribution is -1.96. The van der Waals surface area contributed by atoms with Crippen molar-refractivity contribution in [3.8, 4) is 33.8 Å². The van der Waals surface area contributed by atoms with Crippen LogP contribution in [0.4, 0.5) is 0 Å². The van der Waals surface area contributed by atoms with Crippen LogP contribution in [-0.2, 0) is 0 Å². The van der Waals surface area contributed by atoms with Crippen LogP contribution in [-0.4, -0.2) is 9.97 Å². The molecule has 214 valence electrons. The van der Waals surface area contributed by atoms with E-state index in [1.165, 1.54) is 0 Å². The number of nitrogens with zero attached hydrogens (tertiary/aromatic N) is 2. The maximum Gasteiger partial charge on any atom is 0.161 e. The molecule has 0 fully saturated rings. The van der Waals surface area contributed by atoms with E-state index >= 15 is 0 Å². The third kappa shape index (κ3) is 3.67. The second-order valence-corrected chi connectivity index (χ2v) is 11.7. The zero-order chi connectivity index (χ0) is 30.2. The minimum Gasteiger partial charge on any atom is -0.456 e. The zero-order valence-electron chi connectivity index (χ0n) is 24.6. The number of benzene rings is 7. The Hall–Kier alpha value is -6.26. The molecule has 3 aromatic heterocycles. The van der Waals surface area contributed by atoms with E-state index < -0.39 is 0 Å². The van der Waals surface area contributed by atoms with E-state index in [1.807, 2.05) is 36.4 Å². The van der Waals surface area contributed by atoms with Gasteiger partial charge < -0.3 is 8.83 Å². The lowest BCUT2D eigenvalue weighted by atomic mass is 9.97. The number of hydrogen-bond acceptors (Lipinski definition) is 4. The Morgan fingerprint density at radius 3 is 1.96 bits per heavy atom. The molecule has 0 aliphatic carbocycles. The lowest BCUT2D eigenvalue weighted by Gasteiger charge is -2.11. The van der Waals surface area contributed by atoms with Gasteiger partial charge in [0, 0.05) is 49.0 Å². The summed E-state index contributed by atoms with van der Waals surface area (Å²) in [7, 11) is 0. The Kier molecular flexibility index (Phi) is 5.25. The first-order valence-electron chi connectivity index (χ1n) is 15.4. The summed E-state index contributed by atoms with van der Waals surface area (Å²) in [5, 5.41) is 7.39. The summed E-state index contributed by atoms with van der Waals surface area (Å²) in [4.78, 5) is 10.5. The van der Waals surface area contributed by atoms with Gasteiger partial charge >= 0.3 is 0 Å². The van der Waals surface area contributed by atoms with Crippen LogP contribution < -0.4 is 0 Å². The van der Waals surface area contributed by atoms with Gasteiger partial charge in [0.2, 0.25) is 0 Å². The van der Waals surface area contributed by atoms with Crippen LogP contribution >= 0.6 is 0 Å². The maximum absolute atomic E-state index is 6.72. The third-order valence-corrected chi connectivity index (χ3v) is 9.09. The average Bonchev–Trinajstić information content (AvgIpc) is 3.69. The second-order valence-electron chi connectivity index (χ2n) is 11.7. The largest absolute Gasteiger partial charge is 0.456 e. The summed E-state index contributed by atoms with van der Waals surface area (Å²) in [5.74, 6) is 0.671. The molecule has 0 aliphatic heterocycles. The Morgan fingerprint density at radius 1 is 0.370 bits per heavy atom. The molecule has 0 atom stereocenters. The SMILES string of the molecule is c1ccc(-c2cccc3c2oc2c4ccccc4c(-c4nc(-c5ccc6c(c5)oc5ccccc56)c5ccccc5n4)cc32)cc1. The number of hydrogen-bond donors (Lipinski definition) is 0. The molecule has 4 nitrogen and oxygen atoms in total. The number of para-hydroxylation sites is 3.